The highest BCUT2D eigenvalue weighted by atomic mass is 32.1. The Kier molecular flexibility index (Phi) is 3.62. The second-order valence-electron chi connectivity index (χ2n) is 4.94. The van der Waals surface area contributed by atoms with E-state index in [1.165, 1.54) is 30.7 Å². The van der Waals surface area contributed by atoms with Crippen LogP contribution in [0.25, 0.3) is 0 Å². The van der Waals surface area contributed by atoms with Crippen LogP contribution >= 0.6 is 11.3 Å². The fourth-order valence-electron chi connectivity index (χ4n) is 2.87. The van der Waals surface area contributed by atoms with Gasteiger partial charge in [-0.25, -0.2) is 4.98 Å². The number of aromatic nitrogens is 1. The molecule has 1 heterocycles. The van der Waals surface area contributed by atoms with Crippen LogP contribution in [0.5, 0.6) is 0 Å². The third-order valence-corrected chi connectivity index (χ3v) is 4.73. The highest BCUT2D eigenvalue weighted by Crippen LogP contribution is 2.37. The van der Waals surface area contributed by atoms with E-state index in [2.05, 4.69) is 24.0 Å². The topological polar surface area (TPSA) is 42.1 Å². The molecule has 3 nitrogen and oxygen atoms in total. The molecule has 1 aromatic heterocycles. The molecular weight excluding hydrogens is 218 g/mol. The molecule has 0 aromatic carbocycles. The van der Waals surface area contributed by atoms with E-state index in [9.17, 15) is 0 Å². The summed E-state index contributed by atoms with van der Waals surface area (Å²) in [5, 5.41) is 3.19. The van der Waals surface area contributed by atoms with Gasteiger partial charge in [0.15, 0.2) is 0 Å². The maximum absolute atomic E-state index is 6.43. The van der Waals surface area contributed by atoms with Crippen molar-refractivity contribution >= 4 is 11.3 Å². The molecule has 1 aliphatic rings. The maximum Gasteiger partial charge on any atom is 0.0940 e. The number of nitrogens with zero attached hydrogens (tertiary/aromatic N) is 2. The number of hydrogen-bond acceptors (Lipinski definition) is 4. The Hall–Kier alpha value is -0.450. The highest BCUT2D eigenvalue weighted by molar-refractivity contribution is 7.09. The predicted octanol–water partition coefficient (Wildman–Crippen LogP) is 1.89. The molecule has 1 fully saturated rings. The molecule has 1 unspecified atom stereocenters. The first-order valence-electron chi connectivity index (χ1n) is 5.96. The van der Waals surface area contributed by atoms with Gasteiger partial charge in [-0.05, 0) is 26.9 Å². The first kappa shape index (κ1) is 12.0. The Balaban J connectivity index is 2.08. The van der Waals surface area contributed by atoms with Gasteiger partial charge in [-0.2, -0.15) is 0 Å². The van der Waals surface area contributed by atoms with Crippen LogP contribution in [0, 0.1) is 0 Å². The van der Waals surface area contributed by atoms with Crippen LogP contribution in [0.15, 0.2) is 11.6 Å². The van der Waals surface area contributed by atoms with Crippen LogP contribution in [0.4, 0.5) is 0 Å². The summed E-state index contributed by atoms with van der Waals surface area (Å²) in [6.45, 7) is 0. The molecule has 0 saturated heterocycles. The first-order chi connectivity index (χ1) is 7.65. The number of likely N-dealkylation sites (N-methyl/N-ethyl adjacent to an activating group) is 1. The molecule has 1 saturated carbocycles. The van der Waals surface area contributed by atoms with Crippen molar-refractivity contribution in [3.63, 3.8) is 0 Å². The lowest BCUT2D eigenvalue weighted by molar-refractivity contribution is 0.123. The van der Waals surface area contributed by atoms with E-state index in [0.29, 0.717) is 0 Å². The summed E-state index contributed by atoms with van der Waals surface area (Å²) in [6.07, 6.45) is 7.85. The second kappa shape index (κ2) is 4.82. The number of nitrogens with two attached hydrogens (primary N) is 1. The van der Waals surface area contributed by atoms with E-state index in [1.54, 1.807) is 11.3 Å². The van der Waals surface area contributed by atoms with Gasteiger partial charge in [0.05, 0.1) is 5.01 Å². The molecule has 0 radical (unpaired) electrons. The molecule has 0 bridgehead atoms. The van der Waals surface area contributed by atoms with Crippen LogP contribution in [-0.2, 0) is 6.42 Å². The summed E-state index contributed by atoms with van der Waals surface area (Å²) < 4.78 is 0. The van der Waals surface area contributed by atoms with E-state index in [0.717, 1.165) is 6.42 Å². The molecule has 4 heteroatoms. The lowest BCUT2D eigenvalue weighted by atomic mass is 9.85. The van der Waals surface area contributed by atoms with Crippen LogP contribution < -0.4 is 5.73 Å². The molecule has 2 N–H and O–H groups in total. The summed E-state index contributed by atoms with van der Waals surface area (Å²) in [4.78, 5) is 6.67. The molecule has 0 amide bonds. The zero-order valence-corrected chi connectivity index (χ0v) is 11.0. The molecule has 90 valence electrons. The summed E-state index contributed by atoms with van der Waals surface area (Å²) in [5.74, 6) is 0. The molecule has 1 aromatic rings. The Labute approximate surface area is 102 Å². The minimum Gasteiger partial charge on any atom is -0.326 e. The number of hydrogen-bond donors (Lipinski definition) is 1. The van der Waals surface area contributed by atoms with Crippen molar-refractivity contribution in [2.45, 2.75) is 43.7 Å². The third kappa shape index (κ3) is 2.14. The monoisotopic (exact) mass is 239 g/mol. The average Bonchev–Trinajstić information content (AvgIpc) is 2.87. The van der Waals surface area contributed by atoms with Gasteiger partial charge in [0.25, 0.3) is 0 Å². The highest BCUT2D eigenvalue weighted by Gasteiger charge is 2.41. The first-order valence-corrected chi connectivity index (χ1v) is 6.84. The van der Waals surface area contributed by atoms with E-state index in [-0.39, 0.29) is 11.6 Å². The van der Waals surface area contributed by atoms with Crippen molar-refractivity contribution in [1.82, 2.24) is 9.88 Å². The SMILES string of the molecule is CN(C)C1(C(N)Cc2nccs2)CCCC1. The standard InChI is InChI=1S/C12H21N3S/c1-15(2)12(5-3-4-6-12)10(13)9-11-14-7-8-16-11/h7-8,10H,3-6,9,13H2,1-2H3. The Morgan fingerprint density at radius 3 is 2.69 bits per heavy atom. The minimum atomic E-state index is 0.200. The van der Waals surface area contributed by atoms with Crippen molar-refractivity contribution < 1.29 is 0 Å². The Morgan fingerprint density at radius 2 is 2.19 bits per heavy atom. The zero-order chi connectivity index (χ0) is 11.6. The van der Waals surface area contributed by atoms with Gasteiger partial charge in [-0.1, -0.05) is 12.8 Å². The van der Waals surface area contributed by atoms with Gasteiger partial charge in [-0.3, -0.25) is 0 Å². The lowest BCUT2D eigenvalue weighted by Crippen LogP contribution is -2.56. The largest absolute Gasteiger partial charge is 0.326 e. The van der Waals surface area contributed by atoms with Crippen molar-refractivity contribution in [3.8, 4) is 0 Å². The van der Waals surface area contributed by atoms with Gasteiger partial charge >= 0.3 is 0 Å². The van der Waals surface area contributed by atoms with E-state index in [4.69, 9.17) is 5.73 Å². The molecule has 16 heavy (non-hydrogen) atoms. The summed E-state index contributed by atoms with van der Waals surface area (Å²) in [5.41, 5.74) is 6.63. The van der Waals surface area contributed by atoms with Crippen LogP contribution in [0.2, 0.25) is 0 Å². The maximum atomic E-state index is 6.43. The lowest BCUT2D eigenvalue weighted by Gasteiger charge is -2.41. The average molecular weight is 239 g/mol. The second-order valence-corrected chi connectivity index (χ2v) is 5.92. The number of thiazole rings is 1. The van der Waals surface area contributed by atoms with Gasteiger partial charge in [0.1, 0.15) is 0 Å². The van der Waals surface area contributed by atoms with Crippen molar-refractivity contribution in [1.29, 1.82) is 0 Å². The van der Waals surface area contributed by atoms with Crippen LogP contribution in [-0.4, -0.2) is 35.6 Å². The molecule has 1 aliphatic carbocycles. The molecule has 0 spiro atoms. The normalized spacial score (nSPS) is 21.5. The van der Waals surface area contributed by atoms with Crippen molar-refractivity contribution in [2.75, 3.05) is 14.1 Å². The summed E-state index contributed by atoms with van der Waals surface area (Å²) in [6, 6.07) is 0.205. The quantitative estimate of drug-likeness (QED) is 0.872. The van der Waals surface area contributed by atoms with Gasteiger partial charge in [-0.15, -0.1) is 11.3 Å². The minimum absolute atomic E-state index is 0.200. The third-order valence-electron chi connectivity index (χ3n) is 3.93. The summed E-state index contributed by atoms with van der Waals surface area (Å²) in [7, 11) is 4.32. The number of rotatable bonds is 4. The molecule has 1 atom stereocenters. The summed E-state index contributed by atoms with van der Waals surface area (Å²) >= 11 is 1.71. The van der Waals surface area contributed by atoms with E-state index < -0.39 is 0 Å². The van der Waals surface area contributed by atoms with Crippen LogP contribution in [0.3, 0.4) is 0 Å². The van der Waals surface area contributed by atoms with Crippen LogP contribution in [0.1, 0.15) is 30.7 Å². The fraction of sp³-hybridized carbons (Fsp3) is 0.750. The molecular formula is C12H21N3S. The zero-order valence-electron chi connectivity index (χ0n) is 10.1. The predicted molar refractivity (Wildman–Crippen MR) is 68.7 cm³/mol. The fourth-order valence-corrected chi connectivity index (χ4v) is 3.55. The Bertz CT molecular complexity index is 315. The van der Waals surface area contributed by atoms with Crippen molar-refractivity contribution in [3.05, 3.63) is 16.6 Å². The molecule has 0 aliphatic heterocycles. The smallest absolute Gasteiger partial charge is 0.0940 e. The molecule has 2 rings (SSSR count). The van der Waals surface area contributed by atoms with Gasteiger partial charge < -0.3 is 10.6 Å². The van der Waals surface area contributed by atoms with Gasteiger partial charge in [0.2, 0.25) is 0 Å². The Morgan fingerprint density at radius 1 is 1.50 bits per heavy atom. The van der Waals surface area contributed by atoms with E-state index in [1.807, 2.05) is 11.6 Å². The van der Waals surface area contributed by atoms with Crippen molar-refractivity contribution in [2.24, 2.45) is 5.73 Å². The van der Waals surface area contributed by atoms with Gasteiger partial charge in [0, 0.05) is 29.6 Å². The van der Waals surface area contributed by atoms with E-state index >= 15 is 0 Å².